The van der Waals surface area contributed by atoms with Gasteiger partial charge in [-0.25, -0.2) is 4.79 Å². The molecular weight excluding hydrogens is 1010 g/mol. The Kier molecular flexibility index (Phi) is 35.0. The van der Waals surface area contributed by atoms with Gasteiger partial charge in [-0.2, -0.15) is 0 Å². The number of unbranched alkanes of at least 4 members (excludes halogenated alkanes) is 4. The van der Waals surface area contributed by atoms with E-state index in [-0.39, 0.29) is 87.4 Å². The molecule has 0 aromatic carbocycles. The Morgan fingerprint density at radius 3 is 1.04 bits per heavy atom. The molecule has 0 spiro atoms. The first kappa shape index (κ1) is 72.1. The Labute approximate surface area is 463 Å². The molecule has 0 saturated heterocycles. The molecule has 0 fully saturated rings. The molecule has 0 heterocycles. The van der Waals surface area contributed by atoms with Crippen LogP contribution in [0, 0.1) is 35.5 Å². The van der Waals surface area contributed by atoms with Gasteiger partial charge in [-0.05, 0) is 86.9 Å². The predicted octanol–water partition coefficient (Wildman–Crippen LogP) is 2.48. The van der Waals surface area contributed by atoms with Crippen LogP contribution in [0.3, 0.4) is 0 Å². The van der Waals surface area contributed by atoms with Crippen LogP contribution in [0.15, 0.2) is 0 Å². The molecule has 9 atom stereocenters. The summed E-state index contributed by atoms with van der Waals surface area (Å²) < 4.78 is 0. The molecule has 10 amide bonds. The SMILES string of the molecule is CCCCCCC[C@@H](O)CC(=O)N[C@@H](CC(C)C)C(=O)N[C@@H](CC(C)C)C(=O)N[C@H](CCC(N)=O)C(=O)N[C@@H](CC(C)C)C(=O)N[C@H](CCC(N)=O)C(=O)N[C@H](C(=O)N[C@H](CC(C)C)C(=O)N[C@@H](CC(C)C)C(=O)O)C(C)C. The normalized spacial score (nSPS) is 15.0. The van der Waals surface area contributed by atoms with Gasteiger partial charge in [-0.15, -0.1) is 0 Å². The molecule has 0 aliphatic heterocycles. The van der Waals surface area contributed by atoms with E-state index in [2.05, 4.69) is 49.5 Å². The predicted molar refractivity (Wildman–Crippen MR) is 296 cm³/mol. The van der Waals surface area contributed by atoms with Crippen LogP contribution in [0.2, 0.25) is 0 Å². The lowest BCUT2D eigenvalue weighted by Gasteiger charge is -2.30. The maximum atomic E-state index is 14.2. The van der Waals surface area contributed by atoms with Crippen LogP contribution in [0.1, 0.15) is 193 Å². The van der Waals surface area contributed by atoms with Gasteiger partial charge in [0.15, 0.2) is 0 Å². The monoisotopic (exact) mass is 1110 g/mol. The number of nitrogens with one attached hydrogen (secondary N) is 8. The number of carboxylic acids is 1. The Bertz CT molecular complexity index is 1950. The van der Waals surface area contributed by atoms with Gasteiger partial charge in [-0.3, -0.25) is 47.9 Å². The van der Waals surface area contributed by atoms with Crippen LogP contribution in [0.25, 0.3) is 0 Å². The van der Waals surface area contributed by atoms with E-state index >= 15 is 0 Å². The van der Waals surface area contributed by atoms with Gasteiger partial charge in [0, 0.05) is 12.8 Å². The van der Waals surface area contributed by atoms with Gasteiger partial charge in [0.1, 0.15) is 48.3 Å². The second-order valence-electron chi connectivity index (χ2n) is 23.3. The summed E-state index contributed by atoms with van der Waals surface area (Å²) in [6.45, 7) is 23.4. The molecule has 448 valence electrons. The number of hydrogen-bond donors (Lipinski definition) is 12. The van der Waals surface area contributed by atoms with Crippen molar-refractivity contribution in [3.8, 4) is 0 Å². The highest BCUT2D eigenvalue weighted by molar-refractivity contribution is 5.98. The van der Waals surface area contributed by atoms with E-state index in [0.29, 0.717) is 6.42 Å². The Hall–Kier alpha value is -5.87. The van der Waals surface area contributed by atoms with Crippen LogP contribution < -0.4 is 54.0 Å². The number of aliphatic hydroxyl groups is 1. The van der Waals surface area contributed by atoms with Crippen molar-refractivity contribution in [3.63, 3.8) is 0 Å². The molecule has 23 heteroatoms. The number of primary amides is 2. The van der Waals surface area contributed by atoms with Gasteiger partial charge >= 0.3 is 5.97 Å². The van der Waals surface area contributed by atoms with Crippen LogP contribution in [0.4, 0.5) is 0 Å². The van der Waals surface area contributed by atoms with Gasteiger partial charge in [0.05, 0.1) is 12.5 Å². The van der Waals surface area contributed by atoms with Gasteiger partial charge in [0.25, 0.3) is 0 Å². The van der Waals surface area contributed by atoms with Gasteiger partial charge in [-0.1, -0.05) is 122 Å². The van der Waals surface area contributed by atoms with Crippen molar-refractivity contribution >= 4 is 65.0 Å². The zero-order valence-corrected chi connectivity index (χ0v) is 49.0. The zero-order chi connectivity index (χ0) is 60.0. The smallest absolute Gasteiger partial charge is 0.326 e. The standard InChI is InChI=1S/C55H100N10O13/c1-14-15-16-17-18-19-36(66)29-46(69)58-39(24-30(2)3)50(72)62-41(26-32(6)7)52(74)59-37(20-22-44(56)67)48(70)61-40(25-31(4)5)51(73)60-38(21-23-45(57)68)49(71)65-47(35(12)13)54(76)63-42(27-33(8)9)53(75)64-43(55(77)78)28-34(10)11/h30-43,47,66H,14-29H2,1-13H3,(H2,56,67)(H2,57,68)(H,58,69)(H,59,74)(H,60,73)(H,61,70)(H,62,72)(H,63,76)(H,64,75)(H,65,71)(H,77,78)/t36-,37-,38-,39+,40+,41+,42-,43+,47+/m1/s1. The largest absolute Gasteiger partial charge is 0.480 e. The lowest BCUT2D eigenvalue weighted by Crippen LogP contribution is -2.61. The second kappa shape index (κ2) is 37.9. The van der Waals surface area contributed by atoms with E-state index in [9.17, 15) is 63.0 Å². The first-order chi connectivity index (χ1) is 36.3. The van der Waals surface area contributed by atoms with E-state index in [4.69, 9.17) is 11.5 Å². The minimum absolute atomic E-state index is 0.0145. The average Bonchev–Trinajstić information content (AvgIpc) is 3.30. The maximum absolute atomic E-state index is 14.2. The molecular formula is C55H100N10O13. The summed E-state index contributed by atoms with van der Waals surface area (Å²) in [4.78, 5) is 147. The van der Waals surface area contributed by atoms with Gasteiger partial charge in [0.2, 0.25) is 59.1 Å². The summed E-state index contributed by atoms with van der Waals surface area (Å²) in [5, 5.41) is 41.4. The first-order valence-corrected chi connectivity index (χ1v) is 28.2. The van der Waals surface area contributed by atoms with Gasteiger partial charge < -0.3 is 64.2 Å². The third kappa shape index (κ3) is 31.5. The number of amides is 10. The fourth-order valence-corrected chi connectivity index (χ4v) is 8.58. The summed E-state index contributed by atoms with van der Waals surface area (Å²) in [7, 11) is 0. The lowest BCUT2D eigenvalue weighted by atomic mass is 9.98. The van der Waals surface area contributed by atoms with Crippen molar-refractivity contribution in [2.24, 2.45) is 47.0 Å². The molecule has 0 aromatic rings. The fraction of sp³-hybridized carbons (Fsp3) is 0.800. The van der Waals surface area contributed by atoms with E-state index in [1.807, 2.05) is 41.5 Å². The molecule has 0 saturated carbocycles. The van der Waals surface area contributed by atoms with Crippen LogP contribution in [-0.4, -0.2) is 130 Å². The lowest BCUT2D eigenvalue weighted by molar-refractivity contribution is -0.143. The van der Waals surface area contributed by atoms with E-state index in [1.54, 1.807) is 41.5 Å². The molecule has 0 rings (SSSR count). The average molecular weight is 1110 g/mol. The van der Waals surface area contributed by atoms with Crippen molar-refractivity contribution in [2.45, 2.75) is 247 Å². The summed E-state index contributed by atoms with van der Waals surface area (Å²) in [5.41, 5.74) is 10.9. The molecule has 0 aliphatic carbocycles. The molecule has 78 heavy (non-hydrogen) atoms. The number of hydrogen-bond acceptors (Lipinski definition) is 12. The number of carbonyl (C=O) groups excluding carboxylic acids is 10. The Morgan fingerprint density at radius 1 is 0.385 bits per heavy atom. The number of aliphatic hydroxyl groups excluding tert-OH is 1. The minimum Gasteiger partial charge on any atom is -0.480 e. The molecule has 0 aromatic heterocycles. The van der Waals surface area contributed by atoms with Crippen LogP contribution in [-0.2, 0) is 52.7 Å². The van der Waals surface area contributed by atoms with Crippen LogP contribution >= 0.6 is 0 Å². The zero-order valence-electron chi connectivity index (χ0n) is 49.0. The van der Waals surface area contributed by atoms with E-state index in [1.165, 1.54) is 0 Å². The topological polar surface area (TPSA) is 377 Å². The number of nitrogens with two attached hydrogens (primary N) is 2. The second-order valence-corrected chi connectivity index (χ2v) is 23.3. The highest BCUT2D eigenvalue weighted by Crippen LogP contribution is 2.16. The molecule has 0 unspecified atom stereocenters. The van der Waals surface area contributed by atoms with Crippen molar-refractivity contribution in [1.29, 1.82) is 0 Å². The third-order valence-electron chi connectivity index (χ3n) is 12.6. The molecule has 14 N–H and O–H groups in total. The Balaban J connectivity index is 6.68. The third-order valence-corrected chi connectivity index (χ3v) is 12.6. The number of rotatable bonds is 41. The fourth-order valence-electron chi connectivity index (χ4n) is 8.58. The van der Waals surface area contributed by atoms with Crippen molar-refractivity contribution in [1.82, 2.24) is 42.5 Å². The molecule has 23 nitrogen and oxygen atoms in total. The van der Waals surface area contributed by atoms with Crippen molar-refractivity contribution in [2.75, 3.05) is 0 Å². The van der Waals surface area contributed by atoms with Crippen LogP contribution in [0.5, 0.6) is 0 Å². The highest BCUT2D eigenvalue weighted by atomic mass is 16.4. The summed E-state index contributed by atoms with van der Waals surface area (Å²) in [6.07, 6.45) is 3.31. The number of carbonyl (C=O) groups is 11. The van der Waals surface area contributed by atoms with Crippen molar-refractivity contribution < 1.29 is 63.0 Å². The Morgan fingerprint density at radius 2 is 0.692 bits per heavy atom. The maximum Gasteiger partial charge on any atom is 0.326 e. The van der Waals surface area contributed by atoms with E-state index in [0.717, 1.165) is 32.1 Å². The van der Waals surface area contributed by atoms with E-state index < -0.39 is 132 Å². The summed E-state index contributed by atoms with van der Waals surface area (Å²) in [6, 6.07) is -10.4. The number of aliphatic carboxylic acids is 1. The quantitative estimate of drug-likeness (QED) is 0.0392. The first-order valence-electron chi connectivity index (χ1n) is 28.2. The summed E-state index contributed by atoms with van der Waals surface area (Å²) >= 11 is 0. The molecule has 0 radical (unpaired) electrons. The molecule has 0 bridgehead atoms. The van der Waals surface area contributed by atoms with Crippen molar-refractivity contribution in [3.05, 3.63) is 0 Å². The number of carboxylic acid groups (broad SMARTS) is 1. The highest BCUT2D eigenvalue weighted by Gasteiger charge is 2.36. The minimum atomic E-state index is -1.51. The molecule has 0 aliphatic rings. The summed E-state index contributed by atoms with van der Waals surface area (Å²) in [5.74, 6) is -10.4.